The van der Waals surface area contributed by atoms with Crippen molar-refractivity contribution < 1.29 is 4.74 Å². The molecule has 1 aromatic carbocycles. The van der Waals surface area contributed by atoms with Gasteiger partial charge in [0.25, 0.3) is 0 Å². The van der Waals surface area contributed by atoms with E-state index in [1.807, 2.05) is 12.3 Å². The lowest BCUT2D eigenvalue weighted by atomic mass is 9.89. The summed E-state index contributed by atoms with van der Waals surface area (Å²) in [7, 11) is 0. The Bertz CT molecular complexity index is 549. The fourth-order valence-electron chi connectivity index (χ4n) is 2.60. The van der Waals surface area contributed by atoms with Crippen molar-refractivity contribution in [2.75, 3.05) is 6.61 Å². The van der Waals surface area contributed by atoms with Gasteiger partial charge in [0.05, 0.1) is 11.6 Å². The number of nitrogens with zero attached hydrogens (tertiary/aromatic N) is 1. The number of fused-ring (bicyclic) bond motifs is 1. The highest BCUT2D eigenvalue weighted by Crippen LogP contribution is 2.23. The number of aromatic nitrogens is 1. The van der Waals surface area contributed by atoms with Crippen molar-refractivity contribution in [2.45, 2.75) is 38.5 Å². The molecule has 19 heavy (non-hydrogen) atoms. The van der Waals surface area contributed by atoms with Gasteiger partial charge < -0.3 is 10.1 Å². The van der Waals surface area contributed by atoms with Crippen molar-refractivity contribution in [1.29, 1.82) is 0 Å². The van der Waals surface area contributed by atoms with Gasteiger partial charge in [-0.2, -0.15) is 0 Å². The molecule has 1 aromatic heterocycles. The van der Waals surface area contributed by atoms with Gasteiger partial charge in [0.1, 0.15) is 0 Å². The zero-order valence-electron chi connectivity index (χ0n) is 11.3. The van der Waals surface area contributed by atoms with Gasteiger partial charge in [-0.1, -0.05) is 12.1 Å². The number of pyridine rings is 1. The number of nitrogens with one attached hydrogen (secondary N) is 1. The highest BCUT2D eigenvalue weighted by Gasteiger charge is 2.28. The van der Waals surface area contributed by atoms with Crippen LogP contribution in [0.2, 0.25) is 0 Å². The maximum atomic E-state index is 5.57. The summed E-state index contributed by atoms with van der Waals surface area (Å²) >= 11 is 0. The fourth-order valence-corrected chi connectivity index (χ4v) is 2.60. The van der Waals surface area contributed by atoms with Gasteiger partial charge in [0, 0.05) is 30.8 Å². The van der Waals surface area contributed by atoms with Crippen LogP contribution in [0.5, 0.6) is 0 Å². The van der Waals surface area contributed by atoms with E-state index in [1.165, 1.54) is 10.9 Å². The van der Waals surface area contributed by atoms with Gasteiger partial charge in [-0.25, -0.2) is 0 Å². The lowest BCUT2D eigenvalue weighted by molar-refractivity contribution is -0.0102. The third-order valence-electron chi connectivity index (χ3n) is 3.76. The van der Waals surface area contributed by atoms with Crippen LogP contribution in [0.3, 0.4) is 0 Å². The molecule has 0 amide bonds. The highest BCUT2D eigenvalue weighted by atomic mass is 16.5. The Hall–Kier alpha value is -1.45. The summed E-state index contributed by atoms with van der Waals surface area (Å²) in [5.74, 6) is 0. The van der Waals surface area contributed by atoms with Gasteiger partial charge in [0.2, 0.25) is 0 Å². The van der Waals surface area contributed by atoms with Gasteiger partial charge in [-0.15, -0.1) is 0 Å². The first-order valence-corrected chi connectivity index (χ1v) is 7.04. The van der Waals surface area contributed by atoms with Crippen molar-refractivity contribution in [3.63, 3.8) is 0 Å². The smallest absolute Gasteiger partial charge is 0.0702 e. The maximum Gasteiger partial charge on any atom is 0.0702 e. The molecule has 3 nitrogen and oxygen atoms in total. The van der Waals surface area contributed by atoms with E-state index in [2.05, 4.69) is 41.5 Å². The molecular formula is C16H20N2O. The van der Waals surface area contributed by atoms with Gasteiger partial charge in [-0.05, 0) is 43.5 Å². The molecule has 1 aliphatic rings. The molecule has 1 saturated carbocycles. The largest absolute Gasteiger partial charge is 0.378 e. The number of ether oxygens (including phenoxy) is 1. The zero-order valence-corrected chi connectivity index (χ0v) is 11.3. The average Bonchev–Trinajstić information content (AvgIpc) is 2.41. The Balaban J connectivity index is 1.55. The van der Waals surface area contributed by atoms with Crippen LogP contribution < -0.4 is 5.32 Å². The van der Waals surface area contributed by atoms with Crippen LogP contribution in [-0.4, -0.2) is 23.7 Å². The number of hydrogen-bond donors (Lipinski definition) is 1. The molecule has 1 aliphatic carbocycles. The summed E-state index contributed by atoms with van der Waals surface area (Å²) in [6, 6.07) is 11.2. The molecule has 0 unspecified atom stereocenters. The predicted octanol–water partition coefficient (Wildman–Crippen LogP) is 2.89. The Morgan fingerprint density at radius 3 is 3.05 bits per heavy atom. The minimum atomic E-state index is 0.475. The first-order chi connectivity index (χ1) is 9.35. The molecule has 0 spiro atoms. The molecule has 0 atom stereocenters. The van der Waals surface area contributed by atoms with Crippen molar-refractivity contribution >= 4 is 10.9 Å². The summed E-state index contributed by atoms with van der Waals surface area (Å²) in [6.45, 7) is 3.81. The summed E-state index contributed by atoms with van der Waals surface area (Å²) in [5.41, 5.74) is 2.38. The van der Waals surface area contributed by atoms with Gasteiger partial charge >= 0.3 is 0 Å². The van der Waals surface area contributed by atoms with E-state index in [-0.39, 0.29) is 0 Å². The quantitative estimate of drug-likeness (QED) is 0.893. The monoisotopic (exact) mass is 256 g/mol. The van der Waals surface area contributed by atoms with Crippen molar-refractivity contribution in [3.8, 4) is 0 Å². The second-order valence-electron chi connectivity index (χ2n) is 5.16. The molecule has 3 rings (SSSR count). The van der Waals surface area contributed by atoms with E-state index in [1.54, 1.807) is 0 Å². The van der Waals surface area contributed by atoms with E-state index in [9.17, 15) is 0 Å². The van der Waals surface area contributed by atoms with E-state index in [4.69, 9.17) is 4.74 Å². The Morgan fingerprint density at radius 1 is 1.32 bits per heavy atom. The summed E-state index contributed by atoms with van der Waals surface area (Å²) in [6.07, 6.45) is 4.59. The molecule has 0 bridgehead atoms. The minimum absolute atomic E-state index is 0.475. The molecule has 0 radical (unpaired) electrons. The minimum Gasteiger partial charge on any atom is -0.378 e. The molecular weight excluding hydrogens is 236 g/mol. The van der Waals surface area contributed by atoms with E-state index in [0.717, 1.165) is 31.5 Å². The molecule has 1 N–H and O–H groups in total. The molecule has 0 saturated heterocycles. The van der Waals surface area contributed by atoms with Crippen LogP contribution in [0.4, 0.5) is 0 Å². The molecule has 1 fully saturated rings. The van der Waals surface area contributed by atoms with E-state index < -0.39 is 0 Å². The van der Waals surface area contributed by atoms with Gasteiger partial charge in [0.15, 0.2) is 0 Å². The van der Waals surface area contributed by atoms with E-state index >= 15 is 0 Å². The third-order valence-corrected chi connectivity index (χ3v) is 3.76. The lowest BCUT2D eigenvalue weighted by Crippen LogP contribution is -2.45. The third kappa shape index (κ3) is 2.94. The SMILES string of the molecule is CCOC1CC(NCc2ccc3ncccc3c2)C1. The number of benzene rings is 1. The number of rotatable bonds is 5. The van der Waals surface area contributed by atoms with Crippen LogP contribution in [0.15, 0.2) is 36.5 Å². The Morgan fingerprint density at radius 2 is 2.21 bits per heavy atom. The van der Waals surface area contributed by atoms with Crippen molar-refractivity contribution in [3.05, 3.63) is 42.1 Å². The first-order valence-electron chi connectivity index (χ1n) is 7.04. The second-order valence-corrected chi connectivity index (χ2v) is 5.16. The van der Waals surface area contributed by atoms with Crippen molar-refractivity contribution in [1.82, 2.24) is 10.3 Å². The van der Waals surface area contributed by atoms with Crippen LogP contribution in [0, 0.1) is 0 Å². The van der Waals surface area contributed by atoms with Crippen LogP contribution >= 0.6 is 0 Å². The standard InChI is InChI=1S/C16H20N2O/c1-2-19-15-9-14(10-15)18-11-12-5-6-16-13(8-12)4-3-7-17-16/h3-8,14-15,18H,2,9-11H2,1H3. The maximum absolute atomic E-state index is 5.57. The lowest BCUT2D eigenvalue weighted by Gasteiger charge is -2.35. The summed E-state index contributed by atoms with van der Waals surface area (Å²) < 4.78 is 5.57. The molecule has 1 heterocycles. The molecule has 2 aromatic rings. The Kier molecular flexibility index (Phi) is 3.76. The predicted molar refractivity (Wildman–Crippen MR) is 77.0 cm³/mol. The van der Waals surface area contributed by atoms with Crippen molar-refractivity contribution in [2.24, 2.45) is 0 Å². The number of hydrogen-bond acceptors (Lipinski definition) is 3. The normalized spacial score (nSPS) is 22.4. The van der Waals surface area contributed by atoms with Crippen LogP contribution in [-0.2, 0) is 11.3 Å². The van der Waals surface area contributed by atoms with Crippen LogP contribution in [0.1, 0.15) is 25.3 Å². The zero-order chi connectivity index (χ0) is 13.1. The average molecular weight is 256 g/mol. The second kappa shape index (κ2) is 5.68. The molecule has 3 heteroatoms. The molecule has 0 aliphatic heterocycles. The highest BCUT2D eigenvalue weighted by molar-refractivity contribution is 5.78. The van der Waals surface area contributed by atoms with Gasteiger partial charge in [-0.3, -0.25) is 4.98 Å². The summed E-state index contributed by atoms with van der Waals surface area (Å²) in [4.78, 5) is 4.34. The summed E-state index contributed by atoms with van der Waals surface area (Å²) in [5, 5.41) is 4.80. The first kappa shape index (κ1) is 12.6. The topological polar surface area (TPSA) is 34.1 Å². The fraction of sp³-hybridized carbons (Fsp3) is 0.438. The van der Waals surface area contributed by atoms with E-state index in [0.29, 0.717) is 12.1 Å². The Labute approximate surface area is 114 Å². The molecule has 100 valence electrons. The van der Waals surface area contributed by atoms with Crippen LogP contribution in [0.25, 0.3) is 10.9 Å².